The molecule has 2 N–H and O–H groups in total. The smallest absolute Gasteiger partial charge is 0.322 e. The Bertz CT molecular complexity index is 486. The summed E-state index contributed by atoms with van der Waals surface area (Å²) < 4.78 is 10.3. The molecule has 3 amide bonds. The standard InChI is InChI=1S/C10H8N2O4/c13-9-8(11-10(14)12-9)5-1-2-6-7(3-5)16-4-15-6/h1-3,8H,4H2,(H2,11,12,13,14)/t8-/m0/s1. The molecular weight excluding hydrogens is 212 g/mol. The van der Waals surface area contributed by atoms with Crippen LogP contribution in [-0.2, 0) is 4.79 Å². The molecule has 3 rings (SSSR count). The molecule has 1 aromatic rings. The number of imide groups is 1. The number of ether oxygens (including phenoxy) is 2. The number of hydrogen-bond acceptors (Lipinski definition) is 4. The van der Waals surface area contributed by atoms with E-state index in [0.717, 1.165) is 0 Å². The molecule has 0 aliphatic carbocycles. The summed E-state index contributed by atoms with van der Waals surface area (Å²) in [7, 11) is 0. The summed E-state index contributed by atoms with van der Waals surface area (Å²) in [6.07, 6.45) is 0. The van der Waals surface area contributed by atoms with Crippen LogP contribution in [0.15, 0.2) is 18.2 Å². The lowest BCUT2D eigenvalue weighted by Crippen LogP contribution is -2.22. The van der Waals surface area contributed by atoms with E-state index in [4.69, 9.17) is 9.47 Å². The zero-order valence-electron chi connectivity index (χ0n) is 8.15. The van der Waals surface area contributed by atoms with Gasteiger partial charge in [0.1, 0.15) is 6.04 Å². The van der Waals surface area contributed by atoms with E-state index in [9.17, 15) is 9.59 Å². The van der Waals surface area contributed by atoms with Crippen molar-refractivity contribution < 1.29 is 19.1 Å². The van der Waals surface area contributed by atoms with Gasteiger partial charge in [0.05, 0.1) is 0 Å². The zero-order chi connectivity index (χ0) is 11.1. The van der Waals surface area contributed by atoms with Gasteiger partial charge < -0.3 is 14.8 Å². The first kappa shape index (κ1) is 9.02. The van der Waals surface area contributed by atoms with E-state index in [0.29, 0.717) is 17.1 Å². The molecule has 0 unspecified atom stereocenters. The van der Waals surface area contributed by atoms with E-state index in [2.05, 4.69) is 10.6 Å². The SMILES string of the molecule is O=C1NC(=O)[C@H](c2ccc3c(c2)OCO3)N1. The maximum absolute atomic E-state index is 11.4. The fourth-order valence-electron chi connectivity index (χ4n) is 1.74. The summed E-state index contributed by atoms with van der Waals surface area (Å²) >= 11 is 0. The average molecular weight is 220 g/mol. The highest BCUT2D eigenvalue weighted by molar-refractivity contribution is 6.04. The predicted molar refractivity (Wildman–Crippen MR) is 52.0 cm³/mol. The van der Waals surface area contributed by atoms with Gasteiger partial charge in [0.15, 0.2) is 11.5 Å². The number of amides is 3. The van der Waals surface area contributed by atoms with Crippen LogP contribution < -0.4 is 20.1 Å². The lowest BCUT2D eigenvalue weighted by atomic mass is 10.1. The van der Waals surface area contributed by atoms with Crippen LogP contribution >= 0.6 is 0 Å². The van der Waals surface area contributed by atoms with Crippen molar-refractivity contribution in [1.29, 1.82) is 0 Å². The third-order valence-corrected chi connectivity index (χ3v) is 2.50. The van der Waals surface area contributed by atoms with Crippen molar-refractivity contribution in [3.8, 4) is 11.5 Å². The van der Waals surface area contributed by atoms with Crippen molar-refractivity contribution >= 4 is 11.9 Å². The topological polar surface area (TPSA) is 76.7 Å². The molecule has 2 aliphatic rings. The molecule has 2 aliphatic heterocycles. The van der Waals surface area contributed by atoms with Gasteiger partial charge in [0.25, 0.3) is 5.91 Å². The summed E-state index contributed by atoms with van der Waals surface area (Å²) in [6.45, 7) is 0.183. The van der Waals surface area contributed by atoms with Crippen LogP contribution in [0.3, 0.4) is 0 Å². The molecule has 1 fully saturated rings. The van der Waals surface area contributed by atoms with Crippen LogP contribution in [0.2, 0.25) is 0 Å². The first-order valence-corrected chi connectivity index (χ1v) is 4.75. The van der Waals surface area contributed by atoms with Crippen molar-refractivity contribution in [3.05, 3.63) is 23.8 Å². The highest BCUT2D eigenvalue weighted by Gasteiger charge is 2.31. The van der Waals surface area contributed by atoms with Crippen LogP contribution in [-0.4, -0.2) is 18.7 Å². The molecular formula is C10H8N2O4. The molecule has 2 heterocycles. The normalized spacial score (nSPS) is 21.9. The van der Waals surface area contributed by atoms with E-state index in [-0.39, 0.29) is 12.7 Å². The van der Waals surface area contributed by atoms with Crippen LogP contribution in [0.25, 0.3) is 0 Å². The number of benzene rings is 1. The van der Waals surface area contributed by atoms with E-state index >= 15 is 0 Å². The first-order valence-electron chi connectivity index (χ1n) is 4.75. The van der Waals surface area contributed by atoms with Gasteiger partial charge >= 0.3 is 6.03 Å². The number of fused-ring (bicyclic) bond motifs is 1. The predicted octanol–water partition coefficient (Wildman–Crippen LogP) is 0.296. The van der Waals surface area contributed by atoms with Gasteiger partial charge in [-0.15, -0.1) is 0 Å². The van der Waals surface area contributed by atoms with Crippen LogP contribution in [0.1, 0.15) is 11.6 Å². The largest absolute Gasteiger partial charge is 0.454 e. The van der Waals surface area contributed by atoms with Gasteiger partial charge in [-0.2, -0.15) is 0 Å². The lowest BCUT2D eigenvalue weighted by Gasteiger charge is -2.07. The quantitative estimate of drug-likeness (QED) is 0.667. The molecule has 0 radical (unpaired) electrons. The third-order valence-electron chi connectivity index (χ3n) is 2.50. The second-order valence-corrected chi connectivity index (χ2v) is 3.51. The summed E-state index contributed by atoms with van der Waals surface area (Å²) in [6, 6.07) is 4.01. The molecule has 0 spiro atoms. The maximum atomic E-state index is 11.4. The lowest BCUT2D eigenvalue weighted by molar-refractivity contribution is -0.120. The second kappa shape index (κ2) is 3.13. The minimum Gasteiger partial charge on any atom is -0.454 e. The minimum absolute atomic E-state index is 0.183. The van der Waals surface area contributed by atoms with Crippen molar-refractivity contribution in [2.75, 3.05) is 6.79 Å². The van der Waals surface area contributed by atoms with Gasteiger partial charge in [0, 0.05) is 0 Å². The number of hydrogen-bond donors (Lipinski definition) is 2. The Morgan fingerprint density at radius 3 is 2.75 bits per heavy atom. The molecule has 1 atom stereocenters. The van der Waals surface area contributed by atoms with Crippen molar-refractivity contribution in [1.82, 2.24) is 10.6 Å². The van der Waals surface area contributed by atoms with Gasteiger partial charge in [-0.3, -0.25) is 10.1 Å². The van der Waals surface area contributed by atoms with Crippen molar-refractivity contribution in [2.45, 2.75) is 6.04 Å². The Hall–Kier alpha value is -2.24. The highest BCUT2D eigenvalue weighted by Crippen LogP contribution is 2.34. The molecule has 6 heteroatoms. The number of carbonyl (C=O) groups is 2. The Balaban J connectivity index is 1.95. The number of rotatable bonds is 1. The summed E-state index contributed by atoms with van der Waals surface area (Å²) in [5.41, 5.74) is 0.674. The number of carbonyl (C=O) groups excluding carboxylic acids is 2. The highest BCUT2D eigenvalue weighted by atomic mass is 16.7. The Morgan fingerprint density at radius 2 is 2.00 bits per heavy atom. The molecule has 0 saturated carbocycles. The molecule has 6 nitrogen and oxygen atoms in total. The molecule has 82 valence electrons. The van der Waals surface area contributed by atoms with Gasteiger partial charge in [-0.25, -0.2) is 4.79 Å². The molecule has 1 saturated heterocycles. The van der Waals surface area contributed by atoms with Crippen molar-refractivity contribution in [2.24, 2.45) is 0 Å². The van der Waals surface area contributed by atoms with Crippen molar-refractivity contribution in [3.63, 3.8) is 0 Å². The first-order chi connectivity index (χ1) is 7.74. The number of urea groups is 1. The van der Waals surface area contributed by atoms with Gasteiger partial charge in [-0.1, -0.05) is 6.07 Å². The summed E-state index contributed by atoms with van der Waals surface area (Å²) in [5.74, 6) is 0.879. The van der Waals surface area contributed by atoms with Crippen LogP contribution in [0, 0.1) is 0 Å². The van der Waals surface area contributed by atoms with Crippen LogP contribution in [0.5, 0.6) is 11.5 Å². The Kier molecular flexibility index (Phi) is 1.76. The molecule has 16 heavy (non-hydrogen) atoms. The minimum atomic E-state index is -0.651. The zero-order valence-corrected chi connectivity index (χ0v) is 8.15. The van der Waals surface area contributed by atoms with Crippen LogP contribution in [0.4, 0.5) is 4.79 Å². The fourth-order valence-corrected chi connectivity index (χ4v) is 1.74. The molecule has 1 aromatic carbocycles. The van der Waals surface area contributed by atoms with E-state index < -0.39 is 12.1 Å². The second-order valence-electron chi connectivity index (χ2n) is 3.51. The third kappa shape index (κ3) is 1.27. The maximum Gasteiger partial charge on any atom is 0.322 e. The average Bonchev–Trinajstić information content (AvgIpc) is 2.83. The summed E-state index contributed by atoms with van der Waals surface area (Å²) in [4.78, 5) is 22.4. The number of nitrogens with one attached hydrogen (secondary N) is 2. The Labute approximate surface area is 90.5 Å². The monoisotopic (exact) mass is 220 g/mol. The van der Waals surface area contributed by atoms with E-state index in [1.807, 2.05) is 0 Å². The van der Waals surface area contributed by atoms with Gasteiger partial charge in [-0.05, 0) is 17.7 Å². The summed E-state index contributed by atoms with van der Waals surface area (Å²) in [5, 5.41) is 4.69. The Morgan fingerprint density at radius 1 is 1.19 bits per heavy atom. The fraction of sp³-hybridized carbons (Fsp3) is 0.200. The molecule has 0 aromatic heterocycles. The van der Waals surface area contributed by atoms with E-state index in [1.165, 1.54) is 0 Å². The van der Waals surface area contributed by atoms with E-state index in [1.54, 1.807) is 18.2 Å². The molecule has 0 bridgehead atoms. The van der Waals surface area contributed by atoms with Gasteiger partial charge in [0.2, 0.25) is 6.79 Å².